The van der Waals surface area contributed by atoms with Gasteiger partial charge in [-0.15, -0.1) is 0 Å². The van der Waals surface area contributed by atoms with Gasteiger partial charge in [-0.2, -0.15) is 0 Å². The van der Waals surface area contributed by atoms with E-state index in [-0.39, 0.29) is 32.0 Å². The fourth-order valence-electron chi connectivity index (χ4n) is 9.24. The van der Waals surface area contributed by atoms with Crippen molar-refractivity contribution in [2.45, 2.75) is 277 Å². The summed E-state index contributed by atoms with van der Waals surface area (Å²) in [6.07, 6.45) is 100. The van der Waals surface area contributed by atoms with Crippen molar-refractivity contribution in [3.8, 4) is 0 Å². The van der Waals surface area contributed by atoms with E-state index in [2.05, 4.69) is 172 Å². The molecule has 0 radical (unpaired) electrons. The second kappa shape index (κ2) is 67.0. The van der Waals surface area contributed by atoms with Crippen molar-refractivity contribution in [2.75, 3.05) is 47.5 Å². The van der Waals surface area contributed by atoms with Crippen molar-refractivity contribution in [3.63, 3.8) is 0 Å². The number of phosphoric ester groups is 1. The molecule has 0 heterocycles. The van der Waals surface area contributed by atoms with Crippen LogP contribution in [0.15, 0.2) is 158 Å². The third kappa shape index (κ3) is 70.7. The molecule has 500 valence electrons. The van der Waals surface area contributed by atoms with Crippen LogP contribution in [0.2, 0.25) is 0 Å². The van der Waals surface area contributed by atoms with Gasteiger partial charge in [-0.25, -0.2) is 4.57 Å². The van der Waals surface area contributed by atoms with Crippen molar-refractivity contribution in [3.05, 3.63) is 158 Å². The summed E-state index contributed by atoms with van der Waals surface area (Å²) in [5.74, 6) is -0.808. The van der Waals surface area contributed by atoms with Crippen LogP contribution >= 0.6 is 7.82 Å². The Morgan fingerprint density at radius 3 is 0.909 bits per heavy atom. The Balaban J connectivity index is 4.11. The highest BCUT2D eigenvalue weighted by Crippen LogP contribution is 2.43. The van der Waals surface area contributed by atoms with Gasteiger partial charge in [0.2, 0.25) is 0 Å². The molecule has 10 heteroatoms. The number of rotatable bonds is 63. The van der Waals surface area contributed by atoms with E-state index < -0.39 is 26.5 Å². The topological polar surface area (TPSA) is 108 Å². The summed E-state index contributed by atoms with van der Waals surface area (Å²) < 4.78 is 34.7. The van der Waals surface area contributed by atoms with Crippen LogP contribution in [0.25, 0.3) is 0 Å². The van der Waals surface area contributed by atoms with Gasteiger partial charge >= 0.3 is 19.8 Å². The first-order chi connectivity index (χ1) is 43.0. The molecule has 0 aliphatic heterocycles. The smallest absolute Gasteiger partial charge is 0.462 e. The van der Waals surface area contributed by atoms with Crippen molar-refractivity contribution in [1.29, 1.82) is 0 Å². The molecular weight excluding hydrogens is 1110 g/mol. The molecule has 0 spiro atoms. The summed E-state index contributed by atoms with van der Waals surface area (Å²) in [5.41, 5.74) is 0. The highest BCUT2D eigenvalue weighted by molar-refractivity contribution is 7.47. The van der Waals surface area contributed by atoms with Crippen LogP contribution in [-0.2, 0) is 32.7 Å². The second-order valence-electron chi connectivity index (χ2n) is 24.2. The predicted octanol–water partition coefficient (Wildman–Crippen LogP) is 23.2. The molecule has 0 aromatic rings. The molecule has 0 saturated heterocycles. The molecule has 1 N–H and O–H groups in total. The van der Waals surface area contributed by atoms with Gasteiger partial charge in [0.1, 0.15) is 19.8 Å². The Morgan fingerprint density at radius 1 is 0.352 bits per heavy atom. The van der Waals surface area contributed by atoms with Crippen molar-refractivity contribution in [2.24, 2.45) is 0 Å². The summed E-state index contributed by atoms with van der Waals surface area (Å²) in [4.78, 5) is 35.9. The fraction of sp³-hybridized carbons (Fsp3) is 0.641. The van der Waals surface area contributed by atoms with Gasteiger partial charge in [0.05, 0.1) is 27.7 Å². The van der Waals surface area contributed by atoms with Crippen LogP contribution in [0.1, 0.15) is 271 Å². The molecule has 9 nitrogen and oxygen atoms in total. The molecule has 0 fully saturated rings. The summed E-state index contributed by atoms with van der Waals surface area (Å²) in [5, 5.41) is 0. The quantitative estimate of drug-likeness (QED) is 0.0211. The maximum absolute atomic E-state index is 12.9. The number of esters is 2. The molecule has 0 aromatic carbocycles. The highest BCUT2D eigenvalue weighted by Gasteiger charge is 2.27. The summed E-state index contributed by atoms with van der Waals surface area (Å²) >= 11 is 0. The van der Waals surface area contributed by atoms with Crippen LogP contribution in [0.5, 0.6) is 0 Å². The van der Waals surface area contributed by atoms with Gasteiger partial charge in [0.25, 0.3) is 0 Å². The first kappa shape index (κ1) is 83.6. The SMILES string of the molecule is CC/C=C\C/C=C\C/C=C\C/C=C\C/C=C\C/C=C\C/C=C\CCCCCCCCCCCCCC(=O)OC(COC(=O)CCCCCCCCCCCCCC/C=C\C/C=C\C/C=C\C/C=C\C/C=C\C/C=C\CC)COP(=O)(O)OCC[N+](C)(C)C. The van der Waals surface area contributed by atoms with E-state index in [0.29, 0.717) is 17.4 Å². The number of allylic oxidation sites excluding steroid dienone is 26. The monoisotopic (exact) mass is 1240 g/mol. The minimum absolute atomic E-state index is 0.0236. The number of hydrogen-bond donors (Lipinski definition) is 1. The maximum Gasteiger partial charge on any atom is 0.472 e. The number of unbranched alkanes of at least 4 members (excludes halogenated alkanes) is 23. The average Bonchev–Trinajstić information content (AvgIpc) is 3.56. The molecule has 2 unspecified atom stereocenters. The van der Waals surface area contributed by atoms with Crippen molar-refractivity contribution >= 4 is 19.8 Å². The number of hydrogen-bond acceptors (Lipinski definition) is 7. The van der Waals surface area contributed by atoms with Crippen LogP contribution in [0.3, 0.4) is 0 Å². The average molecular weight is 1240 g/mol. The number of carbonyl (C=O) groups is 2. The summed E-state index contributed by atoms with van der Waals surface area (Å²) in [6.45, 7) is 4.20. The molecule has 0 aliphatic rings. The first-order valence-corrected chi connectivity index (χ1v) is 36.7. The Hall–Kier alpha value is -4.37. The Bertz CT molecular complexity index is 2040. The van der Waals surface area contributed by atoms with Gasteiger partial charge in [-0.3, -0.25) is 18.6 Å². The molecule has 0 rings (SSSR count). The lowest BCUT2D eigenvalue weighted by atomic mass is 10.0. The molecule has 0 bridgehead atoms. The predicted molar refractivity (Wildman–Crippen MR) is 380 cm³/mol. The number of ether oxygens (including phenoxy) is 2. The second-order valence-corrected chi connectivity index (χ2v) is 25.6. The lowest BCUT2D eigenvalue weighted by Crippen LogP contribution is -2.37. The molecule has 88 heavy (non-hydrogen) atoms. The van der Waals surface area contributed by atoms with E-state index in [1.165, 1.54) is 109 Å². The molecule has 0 aliphatic carbocycles. The summed E-state index contributed by atoms with van der Waals surface area (Å²) in [6, 6.07) is 0. The van der Waals surface area contributed by atoms with Gasteiger partial charge in [-0.05, 0) is 122 Å². The summed E-state index contributed by atoms with van der Waals surface area (Å²) in [7, 11) is 1.46. The van der Waals surface area contributed by atoms with Gasteiger partial charge in [0.15, 0.2) is 6.10 Å². The molecular formula is C78H131NO8P+. The third-order valence-electron chi connectivity index (χ3n) is 14.6. The van der Waals surface area contributed by atoms with E-state index >= 15 is 0 Å². The zero-order valence-electron chi connectivity index (χ0n) is 56.9. The lowest BCUT2D eigenvalue weighted by molar-refractivity contribution is -0.870. The van der Waals surface area contributed by atoms with Crippen LogP contribution in [0, 0.1) is 0 Å². The number of quaternary nitrogens is 1. The minimum atomic E-state index is -4.40. The van der Waals surface area contributed by atoms with Crippen LogP contribution < -0.4 is 0 Å². The molecule has 0 aromatic heterocycles. The van der Waals surface area contributed by atoms with E-state index in [9.17, 15) is 19.0 Å². The van der Waals surface area contributed by atoms with E-state index in [1.807, 2.05) is 21.1 Å². The molecule has 2 atom stereocenters. The fourth-order valence-corrected chi connectivity index (χ4v) is 9.98. The van der Waals surface area contributed by atoms with Crippen molar-refractivity contribution in [1.82, 2.24) is 0 Å². The third-order valence-corrected chi connectivity index (χ3v) is 15.5. The largest absolute Gasteiger partial charge is 0.472 e. The van der Waals surface area contributed by atoms with E-state index in [1.54, 1.807) is 0 Å². The van der Waals surface area contributed by atoms with Gasteiger partial charge in [0, 0.05) is 12.8 Å². The lowest BCUT2D eigenvalue weighted by Gasteiger charge is -2.24. The van der Waals surface area contributed by atoms with Gasteiger partial charge in [-0.1, -0.05) is 294 Å². The Kier molecular flexibility index (Phi) is 63.7. The standard InChI is InChI=1S/C78H130NO8P/c1-6-8-10-12-14-16-18-20-22-24-26-28-30-32-34-36-38-39-41-43-45-47-49-51-53-55-57-59-61-63-65-67-69-71-78(81)87-76(75-86-88(82,83)85-73-72-79(3,4)5)74-84-77(80)70-68-66-64-62-60-58-56-54-52-50-48-46-44-42-40-37-35-33-31-29-27-25-23-21-19-17-15-13-11-9-7-2/h8-11,14-17,20-23,26-29,32-35,38-40,42-43,45,76H,6-7,12-13,18-19,24-25,30-31,36-37,41,44,46-75H2,1-5H3/p+1/b10-8-,11-9-,16-14-,17-15-,22-20-,23-21-,28-26-,29-27-,34-32-,35-33-,39-38-,42-40-,45-43-. The highest BCUT2D eigenvalue weighted by atomic mass is 31.2. The zero-order chi connectivity index (χ0) is 64.1. The van der Waals surface area contributed by atoms with Crippen molar-refractivity contribution < 1.29 is 42.1 Å². The first-order valence-electron chi connectivity index (χ1n) is 35.2. The van der Waals surface area contributed by atoms with E-state index in [4.69, 9.17) is 18.5 Å². The number of nitrogens with zero attached hydrogens (tertiary/aromatic N) is 1. The number of phosphoric acid groups is 1. The Morgan fingerprint density at radius 2 is 0.614 bits per heavy atom. The van der Waals surface area contributed by atoms with Crippen LogP contribution in [-0.4, -0.2) is 74.9 Å². The zero-order valence-corrected chi connectivity index (χ0v) is 57.8. The van der Waals surface area contributed by atoms with Gasteiger partial charge < -0.3 is 18.9 Å². The molecule has 0 amide bonds. The number of carbonyl (C=O) groups excluding carboxylic acids is 2. The Labute approximate surface area is 541 Å². The molecule has 0 saturated carbocycles. The normalized spacial score (nSPS) is 14.1. The van der Waals surface area contributed by atoms with Crippen LogP contribution in [0.4, 0.5) is 0 Å². The van der Waals surface area contributed by atoms with E-state index in [0.717, 1.165) is 128 Å². The number of likely N-dealkylation sites (N-methyl/N-ethyl adjacent to an activating group) is 1. The minimum Gasteiger partial charge on any atom is -0.462 e. The maximum atomic E-state index is 12.9.